The maximum Gasteiger partial charge on any atom is 0.271 e. The zero-order valence-electron chi connectivity index (χ0n) is 10.8. The molecule has 2 N–H and O–H groups in total. The molecule has 1 amide bonds. The average molecular weight is 313 g/mol. The number of aryl methyl sites for hydroxylation is 1. The highest BCUT2D eigenvalue weighted by molar-refractivity contribution is 7.98. The zero-order valence-corrected chi connectivity index (χ0v) is 12.3. The highest BCUT2D eigenvalue weighted by Gasteiger charge is 2.13. The van der Waals surface area contributed by atoms with Gasteiger partial charge in [-0.2, -0.15) is 5.10 Å². The van der Waals surface area contributed by atoms with Gasteiger partial charge in [0, 0.05) is 13.0 Å². The second-order valence-electron chi connectivity index (χ2n) is 3.84. The molecule has 0 atom stereocenters. The van der Waals surface area contributed by atoms with Crippen LogP contribution in [0.3, 0.4) is 0 Å². The van der Waals surface area contributed by atoms with Gasteiger partial charge in [-0.15, -0.1) is 0 Å². The monoisotopic (exact) mass is 312 g/mol. The Kier molecular flexibility index (Phi) is 5.31. The van der Waals surface area contributed by atoms with Crippen LogP contribution in [0, 0.1) is 0 Å². The molecule has 0 unspecified atom stereocenters. The standard InChI is InChI=1S/C11H13ClN6OS/c1-20-11-14-5-7(12)9(17-11)10(19)13-4-2-3-8-15-6-16-18-8/h5-6H,2-4H2,1H3,(H,13,19)(H,15,16,18). The molecule has 0 bridgehead atoms. The van der Waals surface area contributed by atoms with E-state index in [4.69, 9.17) is 11.6 Å². The van der Waals surface area contributed by atoms with Gasteiger partial charge in [-0.1, -0.05) is 23.4 Å². The number of amides is 1. The fourth-order valence-electron chi connectivity index (χ4n) is 1.50. The molecule has 0 aliphatic rings. The summed E-state index contributed by atoms with van der Waals surface area (Å²) in [5, 5.41) is 10.0. The quantitative estimate of drug-likeness (QED) is 0.474. The second-order valence-corrected chi connectivity index (χ2v) is 5.03. The maximum absolute atomic E-state index is 12.0. The highest BCUT2D eigenvalue weighted by atomic mass is 35.5. The lowest BCUT2D eigenvalue weighted by Crippen LogP contribution is -2.26. The van der Waals surface area contributed by atoms with E-state index in [0.717, 1.165) is 12.2 Å². The van der Waals surface area contributed by atoms with Crippen molar-refractivity contribution in [1.29, 1.82) is 0 Å². The second kappa shape index (κ2) is 7.20. The molecule has 0 saturated carbocycles. The molecule has 106 valence electrons. The number of H-pyrrole nitrogens is 1. The van der Waals surface area contributed by atoms with Crippen molar-refractivity contribution < 1.29 is 4.79 Å². The Hall–Kier alpha value is -1.67. The number of nitrogens with zero attached hydrogens (tertiary/aromatic N) is 4. The van der Waals surface area contributed by atoms with E-state index in [9.17, 15) is 4.79 Å². The predicted molar refractivity (Wildman–Crippen MR) is 75.9 cm³/mol. The van der Waals surface area contributed by atoms with Gasteiger partial charge in [0.25, 0.3) is 5.91 Å². The topological polar surface area (TPSA) is 96.5 Å². The molecule has 2 heterocycles. The van der Waals surface area contributed by atoms with Crippen molar-refractivity contribution in [2.75, 3.05) is 12.8 Å². The third kappa shape index (κ3) is 3.91. The molecule has 0 fully saturated rings. The SMILES string of the molecule is CSc1ncc(Cl)c(C(=O)NCCCc2ncn[nH]2)n1. The van der Waals surface area contributed by atoms with Gasteiger partial charge >= 0.3 is 0 Å². The van der Waals surface area contributed by atoms with Gasteiger partial charge in [0.1, 0.15) is 12.2 Å². The molecule has 7 nitrogen and oxygen atoms in total. The Morgan fingerprint density at radius 2 is 2.35 bits per heavy atom. The number of halogens is 1. The Balaban J connectivity index is 1.85. The Morgan fingerprint density at radius 1 is 1.50 bits per heavy atom. The molecule has 0 spiro atoms. The van der Waals surface area contributed by atoms with Crippen molar-refractivity contribution in [3.8, 4) is 0 Å². The molecule has 20 heavy (non-hydrogen) atoms. The number of hydrogen-bond acceptors (Lipinski definition) is 6. The van der Waals surface area contributed by atoms with Crippen molar-refractivity contribution >= 4 is 29.3 Å². The largest absolute Gasteiger partial charge is 0.351 e. The van der Waals surface area contributed by atoms with Crippen molar-refractivity contribution in [2.24, 2.45) is 0 Å². The van der Waals surface area contributed by atoms with Crippen LogP contribution in [0.15, 0.2) is 17.7 Å². The third-order valence-corrected chi connectivity index (χ3v) is 3.30. The van der Waals surface area contributed by atoms with Gasteiger partial charge in [-0.05, 0) is 12.7 Å². The summed E-state index contributed by atoms with van der Waals surface area (Å²) in [5.41, 5.74) is 0.200. The van der Waals surface area contributed by atoms with Crippen molar-refractivity contribution in [1.82, 2.24) is 30.5 Å². The van der Waals surface area contributed by atoms with Crippen molar-refractivity contribution in [3.63, 3.8) is 0 Å². The van der Waals surface area contributed by atoms with Crippen LogP contribution in [-0.4, -0.2) is 43.9 Å². The van der Waals surface area contributed by atoms with Crippen molar-refractivity contribution in [2.45, 2.75) is 18.0 Å². The summed E-state index contributed by atoms with van der Waals surface area (Å²) >= 11 is 7.28. The van der Waals surface area contributed by atoms with E-state index in [0.29, 0.717) is 18.1 Å². The van der Waals surface area contributed by atoms with Gasteiger partial charge in [0.15, 0.2) is 10.9 Å². The number of carbonyl (C=O) groups excluding carboxylic acids is 1. The van der Waals surface area contributed by atoms with Crippen LogP contribution < -0.4 is 5.32 Å². The van der Waals surface area contributed by atoms with E-state index in [-0.39, 0.29) is 16.6 Å². The lowest BCUT2D eigenvalue weighted by atomic mass is 10.3. The van der Waals surface area contributed by atoms with Crippen LogP contribution >= 0.6 is 23.4 Å². The van der Waals surface area contributed by atoms with E-state index in [1.165, 1.54) is 24.3 Å². The van der Waals surface area contributed by atoms with Crippen LogP contribution in [0.2, 0.25) is 5.02 Å². The first-order valence-electron chi connectivity index (χ1n) is 5.89. The Labute approximate surface area is 125 Å². The lowest BCUT2D eigenvalue weighted by molar-refractivity contribution is 0.0947. The minimum atomic E-state index is -0.301. The van der Waals surface area contributed by atoms with E-state index in [2.05, 4.69) is 30.5 Å². The van der Waals surface area contributed by atoms with Gasteiger partial charge < -0.3 is 5.32 Å². The van der Waals surface area contributed by atoms with Gasteiger partial charge in [-0.25, -0.2) is 15.0 Å². The summed E-state index contributed by atoms with van der Waals surface area (Å²) in [6.45, 7) is 0.508. The van der Waals surface area contributed by atoms with E-state index >= 15 is 0 Å². The van der Waals surface area contributed by atoms with Crippen LogP contribution in [0.5, 0.6) is 0 Å². The molecule has 2 aromatic heterocycles. The van der Waals surface area contributed by atoms with Gasteiger partial charge in [0.05, 0.1) is 11.2 Å². The molecule has 2 aromatic rings. The first-order chi connectivity index (χ1) is 9.70. The molecular formula is C11H13ClN6OS. The summed E-state index contributed by atoms with van der Waals surface area (Å²) in [5.74, 6) is 0.495. The fourth-order valence-corrected chi connectivity index (χ4v) is 2.02. The summed E-state index contributed by atoms with van der Waals surface area (Å²) < 4.78 is 0. The molecule has 0 aliphatic carbocycles. The Bertz CT molecular complexity index is 576. The van der Waals surface area contributed by atoms with Crippen molar-refractivity contribution in [3.05, 3.63) is 29.1 Å². The Morgan fingerprint density at radius 3 is 3.05 bits per heavy atom. The minimum Gasteiger partial charge on any atom is -0.351 e. The summed E-state index contributed by atoms with van der Waals surface area (Å²) in [6, 6.07) is 0. The number of aromatic amines is 1. The van der Waals surface area contributed by atoms with Gasteiger partial charge in [0.2, 0.25) is 0 Å². The van der Waals surface area contributed by atoms with E-state index in [1.807, 2.05) is 6.26 Å². The first kappa shape index (κ1) is 14.7. The number of thioether (sulfide) groups is 1. The molecule has 9 heteroatoms. The third-order valence-electron chi connectivity index (χ3n) is 2.46. The fraction of sp³-hybridized carbons (Fsp3) is 0.364. The number of carbonyl (C=O) groups is 1. The molecular weight excluding hydrogens is 300 g/mol. The number of nitrogens with one attached hydrogen (secondary N) is 2. The molecule has 0 saturated heterocycles. The van der Waals surface area contributed by atoms with Crippen LogP contribution in [-0.2, 0) is 6.42 Å². The van der Waals surface area contributed by atoms with E-state index < -0.39 is 0 Å². The predicted octanol–water partition coefficient (Wildman–Crippen LogP) is 1.33. The smallest absolute Gasteiger partial charge is 0.271 e. The minimum absolute atomic E-state index is 0.200. The number of hydrogen-bond donors (Lipinski definition) is 2. The lowest BCUT2D eigenvalue weighted by Gasteiger charge is -2.06. The van der Waals surface area contributed by atoms with Crippen LogP contribution in [0.4, 0.5) is 0 Å². The molecule has 0 aliphatic heterocycles. The van der Waals surface area contributed by atoms with Gasteiger partial charge in [-0.3, -0.25) is 9.89 Å². The summed E-state index contributed by atoms with van der Waals surface area (Å²) in [4.78, 5) is 24.1. The highest BCUT2D eigenvalue weighted by Crippen LogP contribution is 2.16. The summed E-state index contributed by atoms with van der Waals surface area (Å²) in [7, 11) is 0. The average Bonchev–Trinajstić information content (AvgIpc) is 2.97. The number of aromatic nitrogens is 5. The normalized spacial score (nSPS) is 10.5. The van der Waals surface area contributed by atoms with Crippen LogP contribution in [0.1, 0.15) is 22.7 Å². The van der Waals surface area contributed by atoms with Crippen LogP contribution in [0.25, 0.3) is 0 Å². The number of rotatable bonds is 6. The molecule has 0 aromatic carbocycles. The first-order valence-corrected chi connectivity index (χ1v) is 7.50. The maximum atomic E-state index is 12.0. The molecule has 0 radical (unpaired) electrons. The molecule has 2 rings (SSSR count). The van der Waals surface area contributed by atoms with E-state index in [1.54, 1.807) is 0 Å². The zero-order chi connectivity index (χ0) is 14.4. The summed E-state index contributed by atoms with van der Waals surface area (Å²) in [6.07, 6.45) is 6.19.